The molecule has 0 aliphatic carbocycles. The summed E-state index contributed by atoms with van der Waals surface area (Å²) in [7, 11) is 0. The predicted molar refractivity (Wildman–Crippen MR) is 90.8 cm³/mol. The molecule has 0 aliphatic heterocycles. The van der Waals surface area contributed by atoms with Gasteiger partial charge in [-0.25, -0.2) is 0 Å². The molecule has 0 aromatic heterocycles. The SMILES string of the molecule is C=CCCCCCCCCCCCCCCC(F)(F)C(F)(F)C(F)(F)F. The maximum absolute atomic E-state index is 13.1. The highest BCUT2D eigenvalue weighted by molar-refractivity contribution is 4.90. The van der Waals surface area contributed by atoms with Crippen molar-refractivity contribution < 1.29 is 30.7 Å². The van der Waals surface area contributed by atoms with Crippen molar-refractivity contribution in [2.24, 2.45) is 0 Å². The van der Waals surface area contributed by atoms with Crippen molar-refractivity contribution in [3.63, 3.8) is 0 Å². The van der Waals surface area contributed by atoms with Crippen molar-refractivity contribution in [2.45, 2.75) is 108 Å². The molecule has 0 aliphatic rings. The van der Waals surface area contributed by atoms with Crippen molar-refractivity contribution in [2.75, 3.05) is 0 Å². The van der Waals surface area contributed by atoms with E-state index in [-0.39, 0.29) is 12.8 Å². The second-order valence-corrected chi connectivity index (χ2v) is 6.85. The summed E-state index contributed by atoms with van der Waals surface area (Å²) < 4.78 is 87.5. The largest absolute Gasteiger partial charge is 0.459 e. The van der Waals surface area contributed by atoms with Crippen LogP contribution in [0.4, 0.5) is 30.7 Å². The fourth-order valence-electron chi connectivity index (χ4n) is 2.77. The Morgan fingerprint density at radius 1 is 0.538 bits per heavy atom. The first-order chi connectivity index (χ1) is 12.1. The third-order valence-electron chi connectivity index (χ3n) is 4.46. The molecule has 0 saturated carbocycles. The molecule has 0 atom stereocenters. The first-order valence-electron chi connectivity index (χ1n) is 9.49. The molecule has 0 radical (unpaired) electrons. The zero-order valence-electron chi connectivity index (χ0n) is 15.3. The van der Waals surface area contributed by atoms with Gasteiger partial charge in [0.15, 0.2) is 0 Å². The highest BCUT2D eigenvalue weighted by Crippen LogP contribution is 2.48. The first-order valence-corrected chi connectivity index (χ1v) is 9.49. The van der Waals surface area contributed by atoms with Gasteiger partial charge in [-0.1, -0.05) is 70.3 Å². The van der Waals surface area contributed by atoms with Crippen LogP contribution in [0.3, 0.4) is 0 Å². The standard InChI is InChI=1S/C19H31F7/c1-2-3-4-5-6-7-8-9-10-11-12-13-14-15-16-17(20,21)18(22,23)19(24,25)26/h2H,1,3-16H2. The number of alkyl halides is 7. The summed E-state index contributed by atoms with van der Waals surface area (Å²) in [6, 6.07) is 0. The summed E-state index contributed by atoms with van der Waals surface area (Å²) in [5, 5.41) is 0. The van der Waals surface area contributed by atoms with Crippen molar-refractivity contribution in [3.05, 3.63) is 12.7 Å². The number of halogens is 7. The van der Waals surface area contributed by atoms with Crippen LogP contribution in [0, 0.1) is 0 Å². The molecule has 0 amide bonds. The summed E-state index contributed by atoms with van der Waals surface area (Å²) >= 11 is 0. The minimum atomic E-state index is -6.22. The molecular weight excluding hydrogens is 361 g/mol. The van der Waals surface area contributed by atoms with Crippen LogP contribution in [0.2, 0.25) is 0 Å². The van der Waals surface area contributed by atoms with Crippen molar-refractivity contribution in [3.8, 4) is 0 Å². The Bertz CT molecular complexity index is 361. The monoisotopic (exact) mass is 392 g/mol. The molecule has 0 aromatic rings. The highest BCUT2D eigenvalue weighted by Gasteiger charge is 2.72. The van der Waals surface area contributed by atoms with Gasteiger partial charge in [0.05, 0.1) is 0 Å². The molecule has 0 spiro atoms. The van der Waals surface area contributed by atoms with E-state index in [4.69, 9.17) is 0 Å². The van der Waals surface area contributed by atoms with E-state index in [9.17, 15) is 30.7 Å². The normalized spacial score (nSPS) is 13.2. The molecule has 7 heteroatoms. The lowest BCUT2D eigenvalue weighted by Gasteiger charge is -2.28. The topological polar surface area (TPSA) is 0 Å². The van der Waals surface area contributed by atoms with Gasteiger partial charge in [-0.2, -0.15) is 30.7 Å². The number of unbranched alkanes of at least 4 members (excludes halogenated alkanes) is 12. The Morgan fingerprint density at radius 3 is 1.23 bits per heavy atom. The molecule has 156 valence electrons. The van der Waals surface area contributed by atoms with E-state index in [0.29, 0.717) is 6.42 Å². The van der Waals surface area contributed by atoms with Crippen LogP contribution in [0.25, 0.3) is 0 Å². The Labute approximate surface area is 152 Å². The van der Waals surface area contributed by atoms with E-state index in [1.165, 1.54) is 25.7 Å². The molecule has 0 bridgehead atoms. The van der Waals surface area contributed by atoms with Gasteiger partial charge in [0.1, 0.15) is 0 Å². The third kappa shape index (κ3) is 9.81. The van der Waals surface area contributed by atoms with Crippen LogP contribution in [0.5, 0.6) is 0 Å². The Hall–Kier alpha value is -0.750. The van der Waals surface area contributed by atoms with Crippen molar-refractivity contribution >= 4 is 0 Å². The maximum atomic E-state index is 13.1. The Morgan fingerprint density at radius 2 is 0.885 bits per heavy atom. The van der Waals surface area contributed by atoms with Gasteiger partial charge < -0.3 is 0 Å². The smallest absolute Gasteiger partial charge is 0.200 e. The molecule has 0 unspecified atom stereocenters. The number of rotatable bonds is 16. The molecule has 0 heterocycles. The van der Waals surface area contributed by atoms with Crippen LogP contribution in [-0.4, -0.2) is 18.0 Å². The summed E-state index contributed by atoms with van der Waals surface area (Å²) in [5.41, 5.74) is 0. The van der Waals surface area contributed by atoms with Crippen molar-refractivity contribution in [1.82, 2.24) is 0 Å². The minimum Gasteiger partial charge on any atom is -0.200 e. The lowest BCUT2D eigenvalue weighted by atomic mass is 10.0. The van der Waals surface area contributed by atoms with Gasteiger partial charge in [0, 0.05) is 6.42 Å². The summed E-state index contributed by atoms with van der Waals surface area (Å²) in [6.07, 6.45) is 5.64. The van der Waals surface area contributed by atoms with E-state index < -0.39 is 24.4 Å². The van der Waals surface area contributed by atoms with E-state index in [1.54, 1.807) is 0 Å². The molecule has 0 rings (SSSR count). The zero-order chi connectivity index (χ0) is 20.1. The molecule has 0 nitrogen and oxygen atoms in total. The highest BCUT2D eigenvalue weighted by atomic mass is 19.4. The summed E-state index contributed by atoms with van der Waals surface area (Å²) in [6.45, 7) is 3.67. The molecule has 0 saturated heterocycles. The maximum Gasteiger partial charge on any atom is 0.459 e. The number of allylic oxidation sites excluding steroid dienone is 1. The fraction of sp³-hybridized carbons (Fsp3) is 0.895. The summed E-state index contributed by atoms with van der Waals surface area (Å²) in [5.74, 6) is -11.0. The first kappa shape index (κ1) is 25.2. The Balaban J connectivity index is 3.58. The number of hydrogen-bond donors (Lipinski definition) is 0. The van der Waals surface area contributed by atoms with Gasteiger partial charge in [0.2, 0.25) is 0 Å². The third-order valence-corrected chi connectivity index (χ3v) is 4.46. The van der Waals surface area contributed by atoms with Gasteiger partial charge in [-0.15, -0.1) is 6.58 Å². The van der Waals surface area contributed by atoms with Crippen LogP contribution in [-0.2, 0) is 0 Å². The lowest BCUT2D eigenvalue weighted by Crippen LogP contribution is -2.51. The molecule has 0 aromatic carbocycles. The van der Waals surface area contributed by atoms with Crippen molar-refractivity contribution in [1.29, 1.82) is 0 Å². The van der Waals surface area contributed by atoms with E-state index in [0.717, 1.165) is 38.5 Å². The van der Waals surface area contributed by atoms with Gasteiger partial charge in [-0.05, 0) is 19.3 Å². The van der Waals surface area contributed by atoms with Crippen LogP contribution < -0.4 is 0 Å². The molecular formula is C19H31F7. The van der Waals surface area contributed by atoms with Gasteiger partial charge in [-0.3, -0.25) is 0 Å². The van der Waals surface area contributed by atoms with E-state index in [1.807, 2.05) is 6.08 Å². The predicted octanol–water partition coefficient (Wildman–Crippen LogP) is 8.47. The van der Waals surface area contributed by atoms with Gasteiger partial charge in [0.25, 0.3) is 0 Å². The molecule has 0 N–H and O–H groups in total. The molecule has 26 heavy (non-hydrogen) atoms. The van der Waals surface area contributed by atoms with E-state index >= 15 is 0 Å². The number of hydrogen-bond acceptors (Lipinski definition) is 0. The summed E-state index contributed by atoms with van der Waals surface area (Å²) in [4.78, 5) is 0. The zero-order valence-corrected chi connectivity index (χ0v) is 15.3. The Kier molecular flexibility index (Phi) is 12.2. The van der Waals surface area contributed by atoms with Crippen LogP contribution >= 0.6 is 0 Å². The second-order valence-electron chi connectivity index (χ2n) is 6.85. The van der Waals surface area contributed by atoms with Gasteiger partial charge >= 0.3 is 18.0 Å². The minimum absolute atomic E-state index is 0.243. The van der Waals surface area contributed by atoms with Crippen LogP contribution in [0.1, 0.15) is 89.9 Å². The van der Waals surface area contributed by atoms with Crippen LogP contribution in [0.15, 0.2) is 12.7 Å². The van der Waals surface area contributed by atoms with E-state index in [2.05, 4.69) is 6.58 Å². The second kappa shape index (κ2) is 12.6. The molecule has 0 fully saturated rings. The average molecular weight is 392 g/mol. The average Bonchev–Trinajstić information content (AvgIpc) is 2.54. The fourth-order valence-corrected chi connectivity index (χ4v) is 2.77. The quantitative estimate of drug-likeness (QED) is 0.140. The lowest BCUT2D eigenvalue weighted by molar-refractivity contribution is -0.355.